The van der Waals surface area contributed by atoms with E-state index in [1.54, 1.807) is 11.9 Å². The number of likely N-dealkylation sites (N-methyl/N-ethyl adjacent to an activating group) is 1. The molecule has 3 nitrogen and oxygen atoms in total. The topological polar surface area (TPSA) is 46.3 Å². The van der Waals surface area contributed by atoms with Crippen LogP contribution in [0.3, 0.4) is 0 Å². The van der Waals surface area contributed by atoms with Crippen molar-refractivity contribution >= 4 is 23.6 Å². The van der Waals surface area contributed by atoms with Crippen LogP contribution in [-0.4, -0.2) is 29.9 Å². The van der Waals surface area contributed by atoms with E-state index < -0.39 is 11.6 Å². The molecule has 1 heterocycles. The van der Waals surface area contributed by atoms with Crippen molar-refractivity contribution < 1.29 is 13.6 Å². The fourth-order valence-corrected chi connectivity index (χ4v) is 1.90. The van der Waals surface area contributed by atoms with Gasteiger partial charge in [-0.1, -0.05) is 12.2 Å². The minimum absolute atomic E-state index is 0.0182. The van der Waals surface area contributed by atoms with Crippen LogP contribution in [-0.2, 0) is 4.79 Å². The van der Waals surface area contributed by atoms with E-state index in [4.69, 9.17) is 0 Å². The lowest BCUT2D eigenvalue weighted by Crippen LogP contribution is -2.18. The lowest BCUT2D eigenvalue weighted by molar-refractivity contribution is -0.126. The number of thiocarbonyl (C=S) groups is 1. The van der Waals surface area contributed by atoms with Crippen LogP contribution in [0.4, 0.5) is 8.78 Å². The third-order valence-corrected chi connectivity index (χ3v) is 2.70. The zero-order valence-electron chi connectivity index (χ0n) is 9.90. The number of hydrogen-bond donors (Lipinski definition) is 1. The van der Waals surface area contributed by atoms with Crippen molar-refractivity contribution in [2.24, 2.45) is 5.73 Å². The van der Waals surface area contributed by atoms with Gasteiger partial charge in [-0.05, 0) is 17.7 Å². The Hall–Kier alpha value is -1.56. The molecule has 2 N–H and O–H groups in total. The van der Waals surface area contributed by atoms with Crippen LogP contribution in [0.1, 0.15) is 17.9 Å². The molecule has 1 aromatic carbocycles. The second-order valence-electron chi connectivity index (χ2n) is 4.01. The van der Waals surface area contributed by atoms with Crippen LogP contribution in [0.15, 0.2) is 18.2 Å². The second kappa shape index (κ2) is 6.39. The Morgan fingerprint density at radius 1 is 1.39 bits per heavy atom. The van der Waals surface area contributed by atoms with Crippen molar-refractivity contribution in [2.45, 2.75) is 12.3 Å². The van der Waals surface area contributed by atoms with Crippen LogP contribution in [0, 0.1) is 11.6 Å². The molecule has 0 saturated carbocycles. The zero-order chi connectivity index (χ0) is 13.7. The summed E-state index contributed by atoms with van der Waals surface area (Å²) in [4.78, 5) is 12.8. The third kappa shape index (κ3) is 3.73. The summed E-state index contributed by atoms with van der Waals surface area (Å²) in [6, 6.07) is 3.42. The highest BCUT2D eigenvalue weighted by molar-refractivity contribution is 7.78. The maximum absolute atomic E-state index is 12.9. The van der Waals surface area contributed by atoms with E-state index in [0.717, 1.165) is 11.6 Å². The molecule has 1 aliphatic heterocycles. The molecule has 18 heavy (non-hydrogen) atoms. The number of amides is 1. The summed E-state index contributed by atoms with van der Waals surface area (Å²) in [7, 11) is 1.69. The molecule has 98 valence electrons. The first-order valence-electron chi connectivity index (χ1n) is 5.33. The second-order valence-corrected chi connectivity index (χ2v) is 4.29. The number of nitrogens with two attached hydrogens (primary N) is 1. The fourth-order valence-electron chi connectivity index (χ4n) is 1.90. The molecule has 1 atom stereocenters. The molecule has 0 radical (unpaired) electrons. The SMILES string of the molecule is CN1CC(c2cc(F)cc(F)c2)CC1=O.NC=S. The van der Waals surface area contributed by atoms with Gasteiger partial charge in [-0.15, -0.1) is 0 Å². The number of likely N-dealkylation sites (tertiary alicyclic amines) is 1. The number of carbonyl (C=O) groups is 1. The van der Waals surface area contributed by atoms with Gasteiger partial charge in [0.15, 0.2) is 0 Å². The molecule has 2 rings (SSSR count). The summed E-state index contributed by atoms with van der Waals surface area (Å²) >= 11 is 4.05. The third-order valence-electron chi connectivity index (χ3n) is 2.70. The molecule has 1 aromatic rings. The van der Waals surface area contributed by atoms with Crippen molar-refractivity contribution in [2.75, 3.05) is 13.6 Å². The predicted molar refractivity (Wildman–Crippen MR) is 69.2 cm³/mol. The maximum atomic E-state index is 12.9. The molecule has 0 aromatic heterocycles. The number of halogens is 2. The number of benzene rings is 1. The molecule has 1 aliphatic rings. The van der Waals surface area contributed by atoms with E-state index in [-0.39, 0.29) is 11.8 Å². The first kappa shape index (κ1) is 14.5. The highest BCUT2D eigenvalue weighted by Gasteiger charge is 2.28. The normalized spacial score (nSPS) is 18.3. The van der Waals surface area contributed by atoms with Gasteiger partial charge in [0.05, 0.1) is 5.49 Å². The molecule has 0 aliphatic carbocycles. The lowest BCUT2D eigenvalue weighted by Gasteiger charge is -2.10. The highest BCUT2D eigenvalue weighted by atomic mass is 32.1. The minimum atomic E-state index is -0.591. The van der Waals surface area contributed by atoms with E-state index >= 15 is 0 Å². The summed E-state index contributed by atoms with van der Waals surface area (Å²) < 4.78 is 25.9. The van der Waals surface area contributed by atoms with Crippen molar-refractivity contribution in [1.82, 2.24) is 4.90 Å². The van der Waals surface area contributed by atoms with Gasteiger partial charge in [-0.2, -0.15) is 0 Å². The van der Waals surface area contributed by atoms with Crippen molar-refractivity contribution in [3.05, 3.63) is 35.4 Å². The monoisotopic (exact) mass is 272 g/mol. The fraction of sp³-hybridized carbons (Fsp3) is 0.333. The first-order chi connectivity index (χ1) is 8.47. The Bertz CT molecular complexity index is 433. The van der Waals surface area contributed by atoms with Crippen molar-refractivity contribution in [1.29, 1.82) is 0 Å². The van der Waals surface area contributed by atoms with Gasteiger partial charge < -0.3 is 10.6 Å². The Morgan fingerprint density at radius 2 is 1.89 bits per heavy atom. The maximum Gasteiger partial charge on any atom is 0.223 e. The number of nitrogens with zero attached hydrogens (tertiary/aromatic N) is 1. The molecule has 6 heteroatoms. The van der Waals surface area contributed by atoms with Crippen LogP contribution in [0.5, 0.6) is 0 Å². The number of carbonyl (C=O) groups excluding carboxylic acids is 1. The van der Waals surface area contributed by atoms with Crippen LogP contribution >= 0.6 is 12.2 Å². The molecule has 0 bridgehead atoms. The highest BCUT2D eigenvalue weighted by Crippen LogP contribution is 2.28. The molecule has 1 unspecified atom stereocenters. The Morgan fingerprint density at radius 3 is 2.28 bits per heavy atom. The summed E-state index contributed by atoms with van der Waals surface area (Å²) in [5.74, 6) is -1.25. The van der Waals surface area contributed by atoms with E-state index in [9.17, 15) is 13.6 Å². The van der Waals surface area contributed by atoms with Gasteiger partial charge in [0.1, 0.15) is 11.6 Å². The standard InChI is InChI=1S/C11H11F2NO.CH3NS/c1-14-6-8(4-11(14)15)7-2-9(12)5-10(13)3-7;2-1-3/h2-3,5,8H,4,6H2,1H3;1H,(H2,2,3). The number of rotatable bonds is 1. The lowest BCUT2D eigenvalue weighted by atomic mass is 9.98. The first-order valence-corrected chi connectivity index (χ1v) is 5.80. The summed E-state index contributed by atoms with van der Waals surface area (Å²) in [5.41, 5.74) is 6.18. The smallest absolute Gasteiger partial charge is 0.223 e. The molecule has 1 saturated heterocycles. The van der Waals surface area contributed by atoms with Crippen LogP contribution in [0.2, 0.25) is 0 Å². The molecule has 1 amide bonds. The van der Waals surface area contributed by atoms with Crippen molar-refractivity contribution in [3.8, 4) is 0 Å². The van der Waals surface area contributed by atoms with Gasteiger partial charge in [0.25, 0.3) is 0 Å². The predicted octanol–water partition coefficient (Wildman–Crippen LogP) is 1.81. The van der Waals surface area contributed by atoms with E-state index in [1.807, 2.05) is 0 Å². The van der Waals surface area contributed by atoms with Gasteiger partial charge in [0.2, 0.25) is 5.91 Å². The van der Waals surface area contributed by atoms with Gasteiger partial charge in [-0.3, -0.25) is 4.79 Å². The van der Waals surface area contributed by atoms with Crippen LogP contribution in [0.25, 0.3) is 0 Å². The quantitative estimate of drug-likeness (QED) is 0.793. The summed E-state index contributed by atoms with van der Waals surface area (Å²) in [6.45, 7) is 0.529. The largest absolute Gasteiger partial charge is 0.396 e. The van der Waals surface area contributed by atoms with Crippen LogP contribution < -0.4 is 5.73 Å². The van der Waals surface area contributed by atoms with Crippen molar-refractivity contribution in [3.63, 3.8) is 0 Å². The average molecular weight is 272 g/mol. The van der Waals surface area contributed by atoms with Gasteiger partial charge >= 0.3 is 0 Å². The van der Waals surface area contributed by atoms with Gasteiger partial charge in [0, 0.05) is 32.0 Å². The Labute approximate surface area is 110 Å². The molecule has 1 fully saturated rings. The summed E-state index contributed by atoms with van der Waals surface area (Å²) in [5, 5.41) is 0. The molecular weight excluding hydrogens is 258 g/mol. The average Bonchev–Trinajstić information content (AvgIpc) is 2.59. The zero-order valence-corrected chi connectivity index (χ0v) is 10.7. The minimum Gasteiger partial charge on any atom is -0.396 e. The summed E-state index contributed by atoms with van der Waals surface area (Å²) in [6.07, 6.45) is 0.333. The van der Waals surface area contributed by atoms with Gasteiger partial charge in [-0.25, -0.2) is 8.78 Å². The van der Waals surface area contributed by atoms with E-state index in [2.05, 4.69) is 18.0 Å². The van der Waals surface area contributed by atoms with E-state index in [1.165, 1.54) is 12.1 Å². The Kier molecular flexibility index (Phi) is 5.15. The molecule has 0 spiro atoms. The Balaban J connectivity index is 0.000000492. The number of hydrogen-bond acceptors (Lipinski definition) is 2. The van der Waals surface area contributed by atoms with E-state index in [0.29, 0.717) is 18.5 Å². The molecular formula is C12H14F2N2OS.